The van der Waals surface area contributed by atoms with Crippen molar-refractivity contribution in [3.05, 3.63) is 30.1 Å². The Kier molecular flexibility index (Phi) is 8.12. The second kappa shape index (κ2) is 11.9. The largest absolute Gasteiger partial charge is 0.491 e. The van der Waals surface area contributed by atoms with Gasteiger partial charge in [0.05, 0.1) is 12.1 Å². The van der Waals surface area contributed by atoms with E-state index in [0.717, 1.165) is 61.1 Å². The molecule has 3 saturated heterocycles. The Morgan fingerprint density at radius 1 is 1.05 bits per heavy atom. The van der Waals surface area contributed by atoms with Crippen molar-refractivity contribution < 1.29 is 9.47 Å². The van der Waals surface area contributed by atoms with Gasteiger partial charge < -0.3 is 29.2 Å². The molecule has 9 heteroatoms. The molecule has 40 heavy (non-hydrogen) atoms. The van der Waals surface area contributed by atoms with Crippen LogP contribution < -0.4 is 15.0 Å². The van der Waals surface area contributed by atoms with Gasteiger partial charge in [-0.3, -0.25) is 5.41 Å². The fourth-order valence-electron chi connectivity index (χ4n) is 7.09. The smallest absolute Gasteiger partial charge is 0.155 e. The Morgan fingerprint density at radius 2 is 1.85 bits per heavy atom. The number of anilines is 1. The molecule has 9 nitrogen and oxygen atoms in total. The first-order chi connectivity index (χ1) is 19.5. The molecule has 3 fully saturated rings. The zero-order valence-electron chi connectivity index (χ0n) is 24.4. The Hall–Kier alpha value is -2.91. The van der Waals surface area contributed by atoms with E-state index in [9.17, 15) is 0 Å². The number of nitrogens with one attached hydrogen (secondary N) is 2. The van der Waals surface area contributed by atoms with Crippen molar-refractivity contribution in [3.63, 3.8) is 0 Å². The highest BCUT2D eigenvalue weighted by atomic mass is 16.5. The van der Waals surface area contributed by atoms with Crippen molar-refractivity contribution in [2.45, 2.75) is 84.0 Å². The van der Waals surface area contributed by atoms with Crippen molar-refractivity contribution in [2.24, 2.45) is 10.9 Å². The summed E-state index contributed by atoms with van der Waals surface area (Å²) in [7, 11) is 0. The molecule has 1 atom stereocenters. The first-order valence-corrected chi connectivity index (χ1v) is 15.3. The lowest BCUT2D eigenvalue weighted by Crippen LogP contribution is -2.47. The predicted molar refractivity (Wildman–Crippen MR) is 160 cm³/mol. The van der Waals surface area contributed by atoms with Gasteiger partial charge in [-0.15, -0.1) is 0 Å². The first-order valence-electron chi connectivity index (χ1n) is 15.3. The normalized spacial score (nSPS) is 23.1. The Bertz CT molecular complexity index is 1220. The third kappa shape index (κ3) is 5.77. The van der Waals surface area contributed by atoms with Crippen LogP contribution in [-0.2, 0) is 11.3 Å². The minimum Gasteiger partial charge on any atom is -0.491 e. The minimum absolute atomic E-state index is 0.195. The topological polar surface area (TPSA) is 91.0 Å². The molecule has 1 aromatic heterocycles. The second-order valence-electron chi connectivity index (χ2n) is 12.1. The number of piperidine rings is 1. The molecule has 4 aliphatic heterocycles. The zero-order chi connectivity index (χ0) is 27.6. The molecule has 5 heterocycles. The van der Waals surface area contributed by atoms with Gasteiger partial charge in [-0.1, -0.05) is 0 Å². The van der Waals surface area contributed by atoms with Gasteiger partial charge in [0, 0.05) is 55.8 Å². The quantitative estimate of drug-likeness (QED) is 0.422. The maximum Gasteiger partial charge on any atom is 0.155 e. The molecule has 0 bridgehead atoms. The van der Waals surface area contributed by atoms with Crippen LogP contribution in [0, 0.1) is 11.3 Å². The van der Waals surface area contributed by atoms with Gasteiger partial charge in [0.15, 0.2) is 5.84 Å². The van der Waals surface area contributed by atoms with E-state index in [1.54, 1.807) is 6.92 Å². The van der Waals surface area contributed by atoms with Crippen molar-refractivity contribution >= 4 is 17.4 Å². The fourth-order valence-corrected chi connectivity index (χ4v) is 7.09. The summed E-state index contributed by atoms with van der Waals surface area (Å²) in [5.74, 6) is 3.46. The van der Waals surface area contributed by atoms with Crippen LogP contribution in [0.2, 0.25) is 0 Å². The number of aliphatic imine (C=N–C) groups is 1. The lowest BCUT2D eigenvalue weighted by molar-refractivity contribution is 0.0194. The monoisotopic (exact) mass is 547 g/mol. The molecule has 4 aliphatic rings. The van der Waals surface area contributed by atoms with Crippen LogP contribution in [0.15, 0.2) is 29.4 Å². The molecule has 6 rings (SSSR count). The number of hydrogen-bond acceptors (Lipinski definition) is 6. The van der Waals surface area contributed by atoms with Gasteiger partial charge in [-0.2, -0.15) is 0 Å². The lowest BCUT2D eigenvalue weighted by atomic mass is 9.86. The minimum atomic E-state index is 0.195. The number of fused-ring (bicyclic) bond motifs is 3. The summed E-state index contributed by atoms with van der Waals surface area (Å²) < 4.78 is 14.0. The Labute approximate surface area is 238 Å². The predicted octanol–water partition coefficient (Wildman–Crippen LogP) is 4.54. The molecule has 216 valence electrons. The summed E-state index contributed by atoms with van der Waals surface area (Å²) in [6.07, 6.45) is 9.55. The number of imidazole rings is 1. The third-order valence-electron chi connectivity index (χ3n) is 8.98. The lowest BCUT2D eigenvalue weighted by Gasteiger charge is -2.42. The molecular weight excluding hydrogens is 502 g/mol. The van der Waals surface area contributed by atoms with Gasteiger partial charge in [0.1, 0.15) is 29.7 Å². The highest BCUT2D eigenvalue weighted by molar-refractivity contribution is 6.04. The summed E-state index contributed by atoms with van der Waals surface area (Å²) in [4.78, 5) is 14.8. The SMILES string of the molecule is CC(=N)/N=C(\NC(C)C)c1cn2c(n1)-c1ccc(N3CCCC3C3CCN(C4CCOCC4)CC3)cc1OCC2. The number of hydrogen-bond donors (Lipinski definition) is 2. The maximum atomic E-state index is 7.89. The number of aromatic nitrogens is 2. The number of ether oxygens (including phenoxy) is 2. The van der Waals surface area contributed by atoms with Crippen LogP contribution in [0.5, 0.6) is 5.75 Å². The summed E-state index contributed by atoms with van der Waals surface area (Å²) >= 11 is 0. The molecule has 0 radical (unpaired) electrons. The van der Waals surface area contributed by atoms with Crippen LogP contribution in [0.25, 0.3) is 11.4 Å². The van der Waals surface area contributed by atoms with Gasteiger partial charge >= 0.3 is 0 Å². The molecule has 0 aliphatic carbocycles. The number of likely N-dealkylation sites (tertiary alicyclic amines) is 1. The van der Waals surface area contributed by atoms with Gasteiger partial charge in [0.25, 0.3) is 0 Å². The summed E-state index contributed by atoms with van der Waals surface area (Å²) in [6.45, 7) is 12.6. The Balaban J connectivity index is 1.20. The third-order valence-corrected chi connectivity index (χ3v) is 8.98. The fraction of sp³-hybridized carbons (Fsp3) is 0.645. The van der Waals surface area contributed by atoms with Gasteiger partial charge in [-0.25, -0.2) is 9.98 Å². The Morgan fingerprint density at radius 3 is 2.60 bits per heavy atom. The standard InChI is InChI=1S/C31H45N7O2/c1-21(2)33-30(34-22(3)32)27-20-37-15-18-40-29-19-25(6-7-26(29)31(37)35-27)38-12-4-5-28(38)23-8-13-36(14-9-23)24-10-16-39-17-11-24/h6-7,19-21,23-24,28H,4-5,8-18H2,1-3H3,(H2,32,33,34). The van der Waals surface area contributed by atoms with Crippen molar-refractivity contribution in [2.75, 3.05) is 44.4 Å². The van der Waals surface area contributed by atoms with E-state index < -0.39 is 0 Å². The van der Waals surface area contributed by atoms with E-state index in [1.165, 1.54) is 57.3 Å². The summed E-state index contributed by atoms with van der Waals surface area (Å²) in [5, 5.41) is 11.3. The van der Waals surface area contributed by atoms with E-state index in [1.807, 2.05) is 6.20 Å². The van der Waals surface area contributed by atoms with Crippen LogP contribution in [0.4, 0.5) is 5.69 Å². The van der Waals surface area contributed by atoms with Gasteiger partial charge in [0.2, 0.25) is 0 Å². The van der Waals surface area contributed by atoms with Crippen molar-refractivity contribution in [1.29, 1.82) is 5.41 Å². The average Bonchev–Trinajstić information content (AvgIpc) is 3.57. The van der Waals surface area contributed by atoms with Crippen molar-refractivity contribution in [1.82, 2.24) is 19.8 Å². The van der Waals surface area contributed by atoms with Gasteiger partial charge in [-0.05, 0) is 90.4 Å². The van der Waals surface area contributed by atoms with Crippen LogP contribution >= 0.6 is 0 Å². The first kappa shape index (κ1) is 27.3. The van der Waals surface area contributed by atoms with E-state index in [4.69, 9.17) is 19.9 Å². The zero-order valence-corrected chi connectivity index (χ0v) is 24.4. The van der Waals surface area contributed by atoms with Crippen molar-refractivity contribution in [3.8, 4) is 17.1 Å². The van der Waals surface area contributed by atoms with Crippen LogP contribution in [0.3, 0.4) is 0 Å². The summed E-state index contributed by atoms with van der Waals surface area (Å²) in [6, 6.07) is 8.24. The van der Waals surface area contributed by atoms with E-state index in [0.29, 0.717) is 18.5 Å². The highest BCUT2D eigenvalue weighted by Gasteiger charge is 2.36. The van der Waals surface area contributed by atoms with Crippen LogP contribution in [0.1, 0.15) is 65.0 Å². The molecule has 0 saturated carbocycles. The second-order valence-corrected chi connectivity index (χ2v) is 12.1. The molecule has 2 N–H and O–H groups in total. The molecular formula is C31H45N7O2. The number of benzene rings is 1. The van der Waals surface area contributed by atoms with E-state index in [-0.39, 0.29) is 11.9 Å². The molecule has 1 unspecified atom stereocenters. The van der Waals surface area contributed by atoms with E-state index in [2.05, 4.69) is 56.7 Å². The molecule has 0 spiro atoms. The average molecular weight is 548 g/mol. The molecule has 0 amide bonds. The molecule has 2 aromatic rings. The summed E-state index contributed by atoms with van der Waals surface area (Å²) in [5.41, 5.74) is 3.05. The maximum absolute atomic E-state index is 7.89. The van der Waals surface area contributed by atoms with Crippen LogP contribution in [-0.4, -0.2) is 83.7 Å². The molecule has 1 aromatic carbocycles. The number of rotatable bonds is 5. The van der Waals surface area contributed by atoms with E-state index >= 15 is 0 Å². The highest BCUT2D eigenvalue weighted by Crippen LogP contribution is 2.40. The number of amidine groups is 2. The number of nitrogens with zero attached hydrogens (tertiary/aromatic N) is 5.